The smallest absolute Gasteiger partial charge is 0.276 e. The predicted octanol–water partition coefficient (Wildman–Crippen LogP) is 2.13. The highest BCUT2D eigenvalue weighted by Crippen LogP contribution is 2.19. The maximum Gasteiger partial charge on any atom is 0.276 e. The highest BCUT2D eigenvalue weighted by molar-refractivity contribution is 5.92. The zero-order valence-electron chi connectivity index (χ0n) is 12.4. The van der Waals surface area contributed by atoms with Crippen molar-refractivity contribution in [3.63, 3.8) is 0 Å². The van der Waals surface area contributed by atoms with E-state index >= 15 is 0 Å². The van der Waals surface area contributed by atoms with E-state index in [9.17, 15) is 20.0 Å². The van der Waals surface area contributed by atoms with Gasteiger partial charge in [-0.3, -0.25) is 14.9 Å². The topological polar surface area (TPSA) is 92.5 Å². The summed E-state index contributed by atoms with van der Waals surface area (Å²) in [6.45, 7) is 5.47. The van der Waals surface area contributed by atoms with Crippen LogP contribution >= 0.6 is 0 Å². The van der Waals surface area contributed by atoms with Crippen LogP contribution in [0.1, 0.15) is 26.3 Å². The first-order valence-electron chi connectivity index (χ1n) is 6.66. The molecule has 6 nitrogen and oxygen atoms in total. The van der Waals surface area contributed by atoms with E-state index in [1.807, 2.05) is 13.8 Å². The van der Waals surface area contributed by atoms with Crippen LogP contribution in [0.15, 0.2) is 30.3 Å². The maximum absolute atomic E-state index is 11.7. The van der Waals surface area contributed by atoms with Crippen molar-refractivity contribution < 1.29 is 14.8 Å². The third kappa shape index (κ3) is 5.00. The average molecular weight is 292 g/mol. The highest BCUT2D eigenvalue weighted by atomic mass is 16.6. The molecule has 1 atom stereocenters. The van der Waals surface area contributed by atoms with Crippen LogP contribution in [0.5, 0.6) is 0 Å². The van der Waals surface area contributed by atoms with Gasteiger partial charge >= 0.3 is 0 Å². The number of rotatable bonds is 6. The summed E-state index contributed by atoms with van der Waals surface area (Å²) in [6, 6.07) is 6.16. The molecule has 0 aliphatic heterocycles. The molecule has 2 N–H and O–H groups in total. The molecule has 0 bridgehead atoms. The number of nitrogens with one attached hydrogen (secondary N) is 1. The molecule has 1 aromatic rings. The summed E-state index contributed by atoms with van der Waals surface area (Å²) < 4.78 is 0. The second kappa shape index (κ2) is 6.99. The minimum Gasteiger partial charge on any atom is -0.388 e. The van der Waals surface area contributed by atoms with Gasteiger partial charge in [-0.1, -0.05) is 26.0 Å². The van der Waals surface area contributed by atoms with Gasteiger partial charge in [0.05, 0.1) is 16.1 Å². The molecule has 0 saturated carbocycles. The first-order valence-corrected chi connectivity index (χ1v) is 6.66. The Morgan fingerprint density at radius 1 is 1.48 bits per heavy atom. The Balaban J connectivity index is 2.70. The summed E-state index contributed by atoms with van der Waals surface area (Å²) in [4.78, 5) is 22.0. The second-order valence-electron chi connectivity index (χ2n) is 5.38. The molecule has 1 rings (SSSR count). The number of nitro groups is 1. The van der Waals surface area contributed by atoms with E-state index in [1.165, 1.54) is 18.2 Å². The third-order valence-electron chi connectivity index (χ3n) is 3.41. The van der Waals surface area contributed by atoms with Crippen LogP contribution in [-0.2, 0) is 4.79 Å². The molecular weight excluding hydrogens is 272 g/mol. The van der Waals surface area contributed by atoms with E-state index in [2.05, 4.69) is 5.32 Å². The molecule has 0 aliphatic carbocycles. The van der Waals surface area contributed by atoms with Gasteiger partial charge in [-0.05, 0) is 25.0 Å². The Kier molecular flexibility index (Phi) is 5.60. The molecule has 6 heteroatoms. The minimum absolute atomic E-state index is 0.00279. The number of aliphatic hydroxyl groups is 1. The van der Waals surface area contributed by atoms with E-state index in [0.29, 0.717) is 5.56 Å². The number of nitro benzene ring substituents is 1. The standard InChI is InChI=1S/C15H20N2O4/c1-11(2)15(3,19)10-16-14(18)9-8-12-6-4-5-7-13(12)17(20)21/h4-9,11,19H,10H2,1-3H3,(H,16,18)/b9-8+. The summed E-state index contributed by atoms with van der Waals surface area (Å²) in [7, 11) is 0. The molecule has 114 valence electrons. The fourth-order valence-electron chi connectivity index (χ4n) is 1.49. The molecule has 0 saturated heterocycles. The maximum atomic E-state index is 11.7. The molecule has 0 fully saturated rings. The zero-order chi connectivity index (χ0) is 16.0. The van der Waals surface area contributed by atoms with Gasteiger partial charge in [-0.2, -0.15) is 0 Å². The first-order chi connectivity index (χ1) is 9.74. The SMILES string of the molecule is CC(C)C(C)(O)CNC(=O)/C=C/c1ccccc1[N+](=O)[O-]. The van der Waals surface area contributed by atoms with Crippen LogP contribution < -0.4 is 5.32 Å². The Morgan fingerprint density at radius 2 is 2.10 bits per heavy atom. The second-order valence-corrected chi connectivity index (χ2v) is 5.38. The van der Waals surface area contributed by atoms with E-state index in [4.69, 9.17) is 0 Å². The molecule has 0 spiro atoms. The fraction of sp³-hybridized carbons (Fsp3) is 0.400. The molecule has 21 heavy (non-hydrogen) atoms. The molecule has 1 aromatic carbocycles. The molecule has 0 aliphatic rings. The summed E-state index contributed by atoms with van der Waals surface area (Å²) in [5, 5.41) is 23.4. The van der Waals surface area contributed by atoms with Crippen molar-refractivity contribution in [3.05, 3.63) is 46.0 Å². The Bertz CT molecular complexity index is 550. The lowest BCUT2D eigenvalue weighted by molar-refractivity contribution is -0.385. The number of hydrogen-bond acceptors (Lipinski definition) is 4. The fourth-order valence-corrected chi connectivity index (χ4v) is 1.49. The van der Waals surface area contributed by atoms with Crippen LogP contribution in [0.25, 0.3) is 6.08 Å². The zero-order valence-corrected chi connectivity index (χ0v) is 12.4. The van der Waals surface area contributed by atoms with Crippen molar-refractivity contribution in [2.24, 2.45) is 5.92 Å². The highest BCUT2D eigenvalue weighted by Gasteiger charge is 2.24. The Labute approximate surface area is 123 Å². The van der Waals surface area contributed by atoms with Crippen molar-refractivity contribution in [1.29, 1.82) is 0 Å². The van der Waals surface area contributed by atoms with Crippen molar-refractivity contribution in [2.75, 3.05) is 6.54 Å². The summed E-state index contributed by atoms with van der Waals surface area (Å²) in [6.07, 6.45) is 2.61. The summed E-state index contributed by atoms with van der Waals surface area (Å²) in [5.74, 6) is -0.411. The molecule has 1 amide bonds. The van der Waals surface area contributed by atoms with Crippen LogP contribution in [-0.4, -0.2) is 28.1 Å². The predicted molar refractivity (Wildman–Crippen MR) is 80.6 cm³/mol. The normalized spacial score (nSPS) is 14.1. The molecular formula is C15H20N2O4. The number of hydrogen-bond donors (Lipinski definition) is 2. The first kappa shape index (κ1) is 16.8. The van der Waals surface area contributed by atoms with Crippen LogP contribution in [0.3, 0.4) is 0 Å². The van der Waals surface area contributed by atoms with Gasteiger partial charge in [0.25, 0.3) is 5.69 Å². The molecule has 0 radical (unpaired) electrons. The molecule has 0 heterocycles. The lowest BCUT2D eigenvalue weighted by Gasteiger charge is -2.27. The molecule has 0 aromatic heterocycles. The van der Waals surface area contributed by atoms with Gasteiger partial charge in [0.15, 0.2) is 0 Å². The van der Waals surface area contributed by atoms with Crippen LogP contribution in [0.4, 0.5) is 5.69 Å². The van der Waals surface area contributed by atoms with Gasteiger partial charge in [0.2, 0.25) is 5.91 Å². The number of benzene rings is 1. The van der Waals surface area contributed by atoms with Crippen LogP contribution in [0, 0.1) is 16.0 Å². The van der Waals surface area contributed by atoms with E-state index in [0.717, 1.165) is 0 Å². The Hall–Kier alpha value is -2.21. The lowest BCUT2D eigenvalue weighted by Crippen LogP contribution is -2.43. The van der Waals surface area contributed by atoms with Gasteiger partial charge in [-0.25, -0.2) is 0 Å². The van der Waals surface area contributed by atoms with Crippen molar-refractivity contribution in [1.82, 2.24) is 5.32 Å². The quantitative estimate of drug-likeness (QED) is 0.477. The van der Waals surface area contributed by atoms with Crippen molar-refractivity contribution in [3.8, 4) is 0 Å². The van der Waals surface area contributed by atoms with E-state index in [1.54, 1.807) is 25.1 Å². The lowest BCUT2D eigenvalue weighted by atomic mass is 9.92. The number of amides is 1. The number of nitrogens with zero attached hydrogens (tertiary/aromatic N) is 1. The number of carbonyl (C=O) groups is 1. The minimum atomic E-state index is -0.998. The number of carbonyl (C=O) groups excluding carboxylic acids is 1. The summed E-state index contributed by atoms with van der Waals surface area (Å²) in [5.41, 5.74) is -0.702. The van der Waals surface area contributed by atoms with Crippen molar-refractivity contribution >= 4 is 17.7 Å². The average Bonchev–Trinajstić information content (AvgIpc) is 2.43. The van der Waals surface area contributed by atoms with E-state index in [-0.39, 0.29) is 18.2 Å². The van der Waals surface area contributed by atoms with Crippen molar-refractivity contribution in [2.45, 2.75) is 26.4 Å². The largest absolute Gasteiger partial charge is 0.388 e. The third-order valence-corrected chi connectivity index (χ3v) is 3.41. The number of para-hydroxylation sites is 1. The van der Waals surface area contributed by atoms with Gasteiger partial charge in [0, 0.05) is 18.7 Å². The van der Waals surface area contributed by atoms with Gasteiger partial charge in [-0.15, -0.1) is 0 Å². The Morgan fingerprint density at radius 3 is 2.67 bits per heavy atom. The molecule has 1 unspecified atom stereocenters. The monoisotopic (exact) mass is 292 g/mol. The van der Waals surface area contributed by atoms with Crippen LogP contribution in [0.2, 0.25) is 0 Å². The van der Waals surface area contributed by atoms with Gasteiger partial charge in [0.1, 0.15) is 0 Å². The van der Waals surface area contributed by atoms with E-state index < -0.39 is 16.4 Å². The van der Waals surface area contributed by atoms with Gasteiger partial charge < -0.3 is 10.4 Å². The summed E-state index contributed by atoms with van der Waals surface area (Å²) >= 11 is 0.